The third-order valence-electron chi connectivity index (χ3n) is 3.02. The number of hydrogen-bond donors (Lipinski definition) is 2. The van der Waals surface area contributed by atoms with Crippen LogP contribution >= 0.6 is 0 Å². The van der Waals surface area contributed by atoms with E-state index >= 15 is 0 Å². The van der Waals surface area contributed by atoms with Crippen molar-refractivity contribution in [2.24, 2.45) is 5.73 Å². The quantitative estimate of drug-likeness (QED) is 0.824. The van der Waals surface area contributed by atoms with E-state index in [-0.39, 0.29) is 11.5 Å². The van der Waals surface area contributed by atoms with E-state index in [4.69, 9.17) is 10.5 Å². The van der Waals surface area contributed by atoms with Gasteiger partial charge in [-0.05, 0) is 6.92 Å². The fourth-order valence-electron chi connectivity index (χ4n) is 1.90. The van der Waals surface area contributed by atoms with Crippen LogP contribution in [0.15, 0.2) is 42.2 Å². The molecule has 1 aliphatic heterocycles. The van der Waals surface area contributed by atoms with E-state index in [9.17, 15) is 9.59 Å². The summed E-state index contributed by atoms with van der Waals surface area (Å²) in [5.41, 5.74) is 4.90. The number of ketones is 1. The Labute approximate surface area is 111 Å². The summed E-state index contributed by atoms with van der Waals surface area (Å²) < 4.78 is 5.56. The summed E-state index contributed by atoms with van der Waals surface area (Å²) >= 11 is 0. The minimum Gasteiger partial charge on any atom is -0.469 e. The van der Waals surface area contributed by atoms with Crippen molar-refractivity contribution in [2.75, 3.05) is 13.1 Å². The second-order valence-electron chi connectivity index (χ2n) is 4.42. The lowest BCUT2D eigenvalue weighted by molar-refractivity contribution is -0.132. The van der Waals surface area contributed by atoms with Crippen LogP contribution in [0.2, 0.25) is 0 Å². The van der Waals surface area contributed by atoms with Crippen LogP contribution in [0.4, 0.5) is 0 Å². The Bertz CT molecular complexity index is 525. The summed E-state index contributed by atoms with van der Waals surface area (Å²) in [6, 6.07) is 9.10. The predicted octanol–water partition coefficient (Wildman–Crippen LogP) is 0.460. The van der Waals surface area contributed by atoms with Crippen LogP contribution in [0.5, 0.6) is 0 Å². The van der Waals surface area contributed by atoms with Crippen molar-refractivity contribution in [3.63, 3.8) is 0 Å². The van der Waals surface area contributed by atoms with Gasteiger partial charge in [0.15, 0.2) is 11.4 Å². The lowest BCUT2D eigenvalue weighted by Gasteiger charge is -2.23. The van der Waals surface area contributed by atoms with E-state index < -0.39 is 11.5 Å². The van der Waals surface area contributed by atoms with Crippen molar-refractivity contribution in [1.82, 2.24) is 5.32 Å². The van der Waals surface area contributed by atoms with Crippen LogP contribution < -0.4 is 11.1 Å². The highest BCUT2D eigenvalue weighted by Gasteiger charge is 2.43. The Hall–Kier alpha value is -2.14. The molecule has 0 fully saturated rings. The molecule has 0 aliphatic carbocycles. The van der Waals surface area contributed by atoms with Crippen molar-refractivity contribution in [1.29, 1.82) is 0 Å². The third kappa shape index (κ3) is 2.51. The first-order chi connectivity index (χ1) is 9.08. The highest BCUT2D eigenvalue weighted by atomic mass is 16.5. The van der Waals surface area contributed by atoms with Gasteiger partial charge in [-0.2, -0.15) is 0 Å². The molecule has 1 atom stereocenters. The largest absolute Gasteiger partial charge is 0.469 e. The summed E-state index contributed by atoms with van der Waals surface area (Å²) in [7, 11) is 0. The molecule has 0 radical (unpaired) electrons. The predicted molar refractivity (Wildman–Crippen MR) is 70.0 cm³/mol. The van der Waals surface area contributed by atoms with Gasteiger partial charge < -0.3 is 15.8 Å². The van der Waals surface area contributed by atoms with Crippen LogP contribution in [0.3, 0.4) is 0 Å². The lowest BCUT2D eigenvalue weighted by Crippen LogP contribution is -2.33. The van der Waals surface area contributed by atoms with E-state index in [0.29, 0.717) is 13.1 Å². The van der Waals surface area contributed by atoms with Crippen molar-refractivity contribution in [2.45, 2.75) is 12.5 Å². The maximum atomic E-state index is 12.1. The summed E-state index contributed by atoms with van der Waals surface area (Å²) in [6.45, 7) is 2.34. The minimum atomic E-state index is -1.13. The summed E-state index contributed by atoms with van der Waals surface area (Å²) in [4.78, 5) is 23.8. The number of nitrogens with one attached hydrogen (secondary N) is 1. The van der Waals surface area contributed by atoms with Gasteiger partial charge in [0.1, 0.15) is 0 Å². The van der Waals surface area contributed by atoms with Crippen molar-refractivity contribution in [3.8, 4) is 0 Å². The molecule has 1 amide bonds. The molecule has 0 saturated carbocycles. The number of benzene rings is 1. The molecule has 1 aromatic rings. The molecule has 0 saturated heterocycles. The fourth-order valence-corrected chi connectivity index (χ4v) is 1.90. The zero-order valence-electron chi connectivity index (χ0n) is 10.7. The Morgan fingerprint density at radius 1 is 1.37 bits per heavy atom. The van der Waals surface area contributed by atoms with Gasteiger partial charge in [-0.1, -0.05) is 30.3 Å². The summed E-state index contributed by atoms with van der Waals surface area (Å²) in [5.74, 6) is -0.625. The van der Waals surface area contributed by atoms with Gasteiger partial charge >= 0.3 is 0 Å². The molecular weight excluding hydrogens is 244 g/mol. The van der Waals surface area contributed by atoms with Crippen LogP contribution in [-0.4, -0.2) is 24.8 Å². The first kappa shape index (κ1) is 13.3. The Kier molecular flexibility index (Phi) is 3.66. The lowest BCUT2D eigenvalue weighted by atomic mass is 9.92. The van der Waals surface area contributed by atoms with Crippen molar-refractivity contribution >= 4 is 11.7 Å². The van der Waals surface area contributed by atoms with E-state index in [1.165, 1.54) is 6.08 Å². The average molecular weight is 260 g/mol. The molecule has 3 N–H and O–H groups in total. The Morgan fingerprint density at radius 3 is 2.68 bits per heavy atom. The molecular formula is C14H16N2O3. The number of hydrogen-bond acceptors (Lipinski definition) is 4. The summed E-state index contributed by atoms with van der Waals surface area (Å²) in [5, 5.41) is 2.57. The van der Waals surface area contributed by atoms with E-state index in [1.807, 2.05) is 18.2 Å². The number of carbonyl (C=O) groups is 2. The Balaban J connectivity index is 2.17. The second kappa shape index (κ2) is 5.24. The van der Waals surface area contributed by atoms with Crippen LogP contribution in [0.25, 0.3) is 0 Å². The van der Waals surface area contributed by atoms with E-state index in [1.54, 1.807) is 19.1 Å². The molecule has 19 heavy (non-hydrogen) atoms. The molecule has 1 aromatic carbocycles. The van der Waals surface area contributed by atoms with Crippen LogP contribution in [-0.2, 0) is 19.9 Å². The normalized spacial score (nSPS) is 21.8. The molecule has 1 unspecified atom stereocenters. The van der Waals surface area contributed by atoms with Crippen molar-refractivity contribution in [3.05, 3.63) is 47.7 Å². The number of amides is 1. The minimum absolute atomic E-state index is 0.0322. The number of rotatable bonds is 4. The monoisotopic (exact) mass is 260 g/mol. The van der Waals surface area contributed by atoms with Crippen LogP contribution in [0, 0.1) is 0 Å². The molecule has 0 aromatic heterocycles. The molecule has 1 heterocycles. The van der Waals surface area contributed by atoms with Gasteiger partial charge in [-0.25, -0.2) is 0 Å². The highest BCUT2D eigenvalue weighted by Crippen LogP contribution is 2.34. The zero-order chi connectivity index (χ0) is 13.9. The smallest absolute Gasteiger partial charge is 0.286 e. The first-order valence-electron chi connectivity index (χ1n) is 6.07. The van der Waals surface area contributed by atoms with E-state index in [2.05, 4.69) is 5.32 Å². The number of nitrogens with two attached hydrogens (primary N) is 1. The van der Waals surface area contributed by atoms with Crippen LogP contribution in [0.1, 0.15) is 12.5 Å². The van der Waals surface area contributed by atoms with Gasteiger partial charge in [0.2, 0.25) is 5.78 Å². The summed E-state index contributed by atoms with van der Waals surface area (Å²) in [6.07, 6.45) is 1.23. The van der Waals surface area contributed by atoms with Crippen molar-refractivity contribution < 1.29 is 14.3 Å². The molecule has 5 nitrogen and oxygen atoms in total. The molecule has 100 valence electrons. The maximum Gasteiger partial charge on any atom is 0.286 e. The third-order valence-corrected chi connectivity index (χ3v) is 3.02. The second-order valence-corrected chi connectivity index (χ2v) is 4.42. The fraction of sp³-hybridized carbons (Fsp3) is 0.286. The van der Waals surface area contributed by atoms with E-state index in [0.717, 1.165) is 5.56 Å². The molecule has 0 spiro atoms. The molecule has 5 heteroatoms. The van der Waals surface area contributed by atoms with Gasteiger partial charge in [-0.15, -0.1) is 0 Å². The molecule has 1 aliphatic rings. The number of ether oxygens (including phenoxy) is 1. The number of carbonyl (C=O) groups excluding carboxylic acids is 2. The zero-order valence-corrected chi connectivity index (χ0v) is 10.7. The van der Waals surface area contributed by atoms with Gasteiger partial charge in [0, 0.05) is 24.7 Å². The van der Waals surface area contributed by atoms with Gasteiger partial charge in [0.25, 0.3) is 5.91 Å². The SMILES string of the molecule is CC1(c2ccccc2)OC(C(=O)NCCN)=CC1=O. The molecule has 0 bridgehead atoms. The average Bonchev–Trinajstić information content (AvgIpc) is 2.74. The Morgan fingerprint density at radius 2 is 2.05 bits per heavy atom. The highest BCUT2D eigenvalue weighted by molar-refractivity contribution is 6.07. The molecule has 2 rings (SSSR count). The van der Waals surface area contributed by atoms with Gasteiger partial charge in [0.05, 0.1) is 0 Å². The van der Waals surface area contributed by atoms with Gasteiger partial charge in [-0.3, -0.25) is 9.59 Å². The standard InChI is InChI=1S/C14H16N2O3/c1-14(10-5-3-2-4-6-10)12(17)9-11(19-14)13(18)16-8-7-15/h2-6,9H,7-8,15H2,1H3,(H,16,18). The maximum absolute atomic E-state index is 12.1. The first-order valence-corrected chi connectivity index (χ1v) is 6.07. The topological polar surface area (TPSA) is 81.4 Å².